The van der Waals surface area contributed by atoms with Crippen molar-refractivity contribution in [2.75, 3.05) is 5.32 Å². The fraction of sp³-hybridized carbons (Fsp3) is 0.684. The summed E-state index contributed by atoms with van der Waals surface area (Å²) in [5.74, 6) is 4.22. The summed E-state index contributed by atoms with van der Waals surface area (Å²) in [6.45, 7) is 0. The highest BCUT2D eigenvalue weighted by Gasteiger charge is 2.53. The van der Waals surface area contributed by atoms with Crippen LogP contribution in [-0.2, 0) is 12.8 Å². The lowest BCUT2D eigenvalue weighted by molar-refractivity contribution is 0.243. The first-order valence-electron chi connectivity index (χ1n) is 8.77. The summed E-state index contributed by atoms with van der Waals surface area (Å²) in [5.41, 5.74) is 4.61. The normalized spacial score (nSPS) is 40.9. The lowest BCUT2D eigenvalue weighted by Gasteiger charge is -2.32. The monoisotopic (exact) mass is 267 g/mol. The molecular weight excluding hydrogens is 242 g/mol. The quantitative estimate of drug-likeness (QED) is 0.837. The highest BCUT2D eigenvalue weighted by atomic mass is 14.9. The molecule has 2 bridgehead atoms. The van der Waals surface area contributed by atoms with Gasteiger partial charge in [-0.15, -0.1) is 0 Å². The minimum absolute atomic E-state index is 0.777. The predicted octanol–water partition coefficient (Wildman–Crippen LogP) is 4.41. The van der Waals surface area contributed by atoms with Gasteiger partial charge in [0.25, 0.3) is 0 Å². The van der Waals surface area contributed by atoms with E-state index in [4.69, 9.17) is 0 Å². The van der Waals surface area contributed by atoms with E-state index in [1.807, 2.05) is 0 Å². The van der Waals surface area contributed by atoms with E-state index in [0.29, 0.717) is 0 Å². The number of anilines is 1. The van der Waals surface area contributed by atoms with E-state index in [0.717, 1.165) is 29.7 Å². The first kappa shape index (κ1) is 11.7. The number of fused-ring (bicyclic) bond motifs is 6. The molecule has 1 nitrogen and oxygen atoms in total. The van der Waals surface area contributed by atoms with Crippen LogP contribution in [0.5, 0.6) is 0 Å². The molecule has 0 saturated heterocycles. The number of hydrogen-bond acceptors (Lipinski definition) is 1. The maximum absolute atomic E-state index is 3.91. The summed E-state index contributed by atoms with van der Waals surface area (Å²) < 4.78 is 0. The maximum Gasteiger partial charge on any atom is 0.0345 e. The van der Waals surface area contributed by atoms with Crippen molar-refractivity contribution in [1.29, 1.82) is 0 Å². The Hall–Kier alpha value is -0.980. The lowest BCUT2D eigenvalue weighted by atomic mass is 9.79. The average Bonchev–Trinajstić information content (AvgIpc) is 3.20. The molecule has 3 saturated carbocycles. The van der Waals surface area contributed by atoms with Crippen molar-refractivity contribution in [2.45, 2.75) is 57.4 Å². The van der Waals surface area contributed by atoms with Gasteiger partial charge in [-0.25, -0.2) is 0 Å². The first-order chi connectivity index (χ1) is 9.88. The molecule has 20 heavy (non-hydrogen) atoms. The van der Waals surface area contributed by atoms with Crippen molar-refractivity contribution in [1.82, 2.24) is 0 Å². The van der Waals surface area contributed by atoms with Gasteiger partial charge >= 0.3 is 0 Å². The molecule has 0 spiro atoms. The van der Waals surface area contributed by atoms with Crippen LogP contribution in [0.4, 0.5) is 5.69 Å². The summed E-state index contributed by atoms with van der Waals surface area (Å²) in [6.07, 6.45) is 11.5. The SMILES string of the molecule is c1cc2c(cc1NC1CC3CC1C1CCCC31)CCC2. The van der Waals surface area contributed by atoms with Crippen LogP contribution < -0.4 is 5.32 Å². The lowest BCUT2D eigenvalue weighted by Crippen LogP contribution is -2.33. The van der Waals surface area contributed by atoms with Gasteiger partial charge in [0, 0.05) is 11.7 Å². The van der Waals surface area contributed by atoms with Gasteiger partial charge in [-0.1, -0.05) is 12.5 Å². The molecule has 0 aromatic heterocycles. The van der Waals surface area contributed by atoms with E-state index in [1.54, 1.807) is 11.1 Å². The summed E-state index contributed by atoms with van der Waals surface area (Å²) in [4.78, 5) is 0. The van der Waals surface area contributed by atoms with Crippen LogP contribution in [0.15, 0.2) is 18.2 Å². The van der Waals surface area contributed by atoms with Crippen LogP contribution in [0.2, 0.25) is 0 Å². The second kappa shape index (κ2) is 4.26. The third kappa shape index (κ3) is 1.61. The van der Waals surface area contributed by atoms with E-state index in [2.05, 4.69) is 23.5 Å². The zero-order valence-electron chi connectivity index (χ0n) is 12.3. The molecule has 0 heterocycles. The number of nitrogens with one attached hydrogen (secondary N) is 1. The van der Waals surface area contributed by atoms with E-state index in [1.165, 1.54) is 57.1 Å². The van der Waals surface area contributed by atoms with E-state index >= 15 is 0 Å². The Labute approximate surface area is 122 Å². The summed E-state index contributed by atoms with van der Waals surface area (Å²) in [7, 11) is 0. The van der Waals surface area contributed by atoms with Crippen LogP contribution in [0, 0.1) is 23.7 Å². The molecule has 5 unspecified atom stereocenters. The third-order valence-corrected chi connectivity index (χ3v) is 6.88. The van der Waals surface area contributed by atoms with Crippen molar-refractivity contribution in [3.8, 4) is 0 Å². The Morgan fingerprint density at radius 1 is 0.850 bits per heavy atom. The molecule has 5 atom stereocenters. The van der Waals surface area contributed by atoms with Crippen molar-refractivity contribution in [2.24, 2.45) is 23.7 Å². The summed E-state index contributed by atoms with van der Waals surface area (Å²) in [5, 5.41) is 3.91. The van der Waals surface area contributed by atoms with Crippen LogP contribution in [0.3, 0.4) is 0 Å². The Balaban J connectivity index is 1.35. The second-order valence-corrected chi connectivity index (χ2v) is 7.74. The molecule has 4 aliphatic rings. The summed E-state index contributed by atoms with van der Waals surface area (Å²) >= 11 is 0. The van der Waals surface area contributed by atoms with E-state index in [-0.39, 0.29) is 0 Å². The minimum Gasteiger partial charge on any atom is -0.382 e. The molecule has 5 rings (SSSR count). The number of hydrogen-bond donors (Lipinski definition) is 1. The number of benzene rings is 1. The van der Waals surface area contributed by atoms with Gasteiger partial charge in [-0.2, -0.15) is 0 Å². The fourth-order valence-electron chi connectivity index (χ4n) is 6.11. The highest BCUT2D eigenvalue weighted by Crippen LogP contribution is 2.59. The van der Waals surface area contributed by atoms with Gasteiger partial charge in [-0.3, -0.25) is 0 Å². The zero-order valence-corrected chi connectivity index (χ0v) is 12.3. The molecular formula is C19H25N. The molecule has 0 radical (unpaired) electrons. The van der Waals surface area contributed by atoms with E-state index < -0.39 is 0 Å². The first-order valence-corrected chi connectivity index (χ1v) is 8.77. The molecule has 1 aromatic carbocycles. The highest BCUT2D eigenvalue weighted by molar-refractivity contribution is 5.51. The standard InChI is InChI=1S/C19H25N/c1-3-12-7-8-15(9-13(12)4-1)20-19-11-14-10-18(19)17-6-2-5-16(14)17/h7-9,14,16-20H,1-6,10-11H2. The second-order valence-electron chi connectivity index (χ2n) is 7.74. The molecule has 1 heteroatoms. The van der Waals surface area contributed by atoms with Crippen molar-refractivity contribution >= 4 is 5.69 Å². The maximum atomic E-state index is 3.91. The average molecular weight is 267 g/mol. The topological polar surface area (TPSA) is 12.0 Å². The smallest absolute Gasteiger partial charge is 0.0345 e. The number of rotatable bonds is 2. The van der Waals surface area contributed by atoms with Gasteiger partial charge in [0.2, 0.25) is 0 Å². The molecule has 106 valence electrons. The summed E-state index contributed by atoms with van der Waals surface area (Å²) in [6, 6.07) is 7.93. The fourth-order valence-corrected chi connectivity index (χ4v) is 6.11. The molecule has 0 aliphatic heterocycles. The van der Waals surface area contributed by atoms with Gasteiger partial charge in [0.1, 0.15) is 0 Å². The van der Waals surface area contributed by atoms with Crippen molar-refractivity contribution in [3.05, 3.63) is 29.3 Å². The van der Waals surface area contributed by atoms with Crippen LogP contribution in [0.1, 0.15) is 49.7 Å². The molecule has 1 N–H and O–H groups in total. The van der Waals surface area contributed by atoms with Gasteiger partial charge in [-0.05, 0) is 91.9 Å². The number of aryl methyl sites for hydroxylation is 2. The molecule has 4 aliphatic carbocycles. The van der Waals surface area contributed by atoms with Crippen molar-refractivity contribution < 1.29 is 0 Å². The molecule has 1 aromatic rings. The van der Waals surface area contributed by atoms with Crippen LogP contribution in [0.25, 0.3) is 0 Å². The largest absolute Gasteiger partial charge is 0.382 e. The van der Waals surface area contributed by atoms with Crippen molar-refractivity contribution in [3.63, 3.8) is 0 Å². The molecule has 0 amide bonds. The van der Waals surface area contributed by atoms with Crippen LogP contribution in [-0.4, -0.2) is 6.04 Å². The minimum atomic E-state index is 0.777. The van der Waals surface area contributed by atoms with Gasteiger partial charge < -0.3 is 5.32 Å². The Morgan fingerprint density at radius 2 is 1.75 bits per heavy atom. The van der Waals surface area contributed by atoms with E-state index in [9.17, 15) is 0 Å². The Morgan fingerprint density at radius 3 is 2.75 bits per heavy atom. The van der Waals surface area contributed by atoms with Crippen LogP contribution >= 0.6 is 0 Å². The zero-order chi connectivity index (χ0) is 13.1. The third-order valence-electron chi connectivity index (χ3n) is 6.88. The van der Waals surface area contributed by atoms with Gasteiger partial charge in [0.15, 0.2) is 0 Å². The predicted molar refractivity (Wildman–Crippen MR) is 82.9 cm³/mol. The molecule has 3 fully saturated rings. The Kier molecular flexibility index (Phi) is 2.48. The van der Waals surface area contributed by atoms with Gasteiger partial charge in [0.05, 0.1) is 0 Å². The Bertz CT molecular complexity index is 535.